The first kappa shape index (κ1) is 17.7. The zero-order valence-corrected chi connectivity index (χ0v) is 15.0. The summed E-state index contributed by atoms with van der Waals surface area (Å²) >= 11 is 6.15. The van der Waals surface area contributed by atoms with E-state index in [4.69, 9.17) is 17.3 Å². The summed E-state index contributed by atoms with van der Waals surface area (Å²) in [5, 5.41) is 0.605. The number of aryl methyl sites for hydroxylation is 1. The van der Waals surface area contributed by atoms with Gasteiger partial charge in [0, 0.05) is 42.7 Å². The minimum atomic E-state index is -0.349. The highest BCUT2D eigenvalue weighted by Gasteiger charge is 2.38. The van der Waals surface area contributed by atoms with Gasteiger partial charge in [-0.25, -0.2) is 0 Å². The summed E-state index contributed by atoms with van der Waals surface area (Å²) in [7, 11) is 0. The van der Waals surface area contributed by atoms with E-state index in [0.29, 0.717) is 37.5 Å². The van der Waals surface area contributed by atoms with Gasteiger partial charge in [0.05, 0.1) is 5.92 Å². The molecule has 6 nitrogen and oxygen atoms in total. The Balaban J connectivity index is 1.65. The minimum Gasteiger partial charge on any atom is -0.369 e. The monoisotopic (exact) mass is 363 g/mol. The van der Waals surface area contributed by atoms with Gasteiger partial charge in [-0.1, -0.05) is 17.7 Å². The molecule has 2 fully saturated rings. The third kappa shape index (κ3) is 3.63. The van der Waals surface area contributed by atoms with Crippen LogP contribution in [0.1, 0.15) is 24.8 Å². The first-order chi connectivity index (χ1) is 11.9. The quantitative estimate of drug-likeness (QED) is 0.887. The van der Waals surface area contributed by atoms with Gasteiger partial charge in [0.15, 0.2) is 0 Å². The number of hydrogen-bond donors (Lipinski definition) is 1. The molecular weight excluding hydrogens is 342 g/mol. The second-order valence-corrected chi connectivity index (χ2v) is 7.25. The molecule has 134 valence electrons. The lowest BCUT2D eigenvalue weighted by Gasteiger charge is -2.32. The molecule has 3 rings (SSSR count). The molecule has 2 heterocycles. The third-order valence-corrected chi connectivity index (χ3v) is 5.56. The number of likely N-dealkylation sites (tertiary alicyclic amines) is 1. The Bertz CT molecular complexity index is 714. The Morgan fingerprint density at radius 1 is 1.20 bits per heavy atom. The van der Waals surface area contributed by atoms with E-state index in [-0.39, 0.29) is 36.0 Å². The highest BCUT2D eigenvalue weighted by Crippen LogP contribution is 2.30. The molecule has 2 saturated heterocycles. The van der Waals surface area contributed by atoms with Crippen LogP contribution in [0.2, 0.25) is 5.02 Å². The number of amides is 3. The predicted molar refractivity (Wildman–Crippen MR) is 95.1 cm³/mol. The number of nitrogens with zero attached hydrogens (tertiary/aromatic N) is 2. The molecule has 0 aromatic heterocycles. The number of halogens is 1. The molecule has 1 aromatic rings. The maximum atomic E-state index is 12.7. The maximum absolute atomic E-state index is 12.7. The number of rotatable bonds is 3. The highest BCUT2D eigenvalue weighted by molar-refractivity contribution is 6.31. The minimum absolute atomic E-state index is 0.0167. The van der Waals surface area contributed by atoms with Crippen molar-refractivity contribution >= 4 is 35.0 Å². The summed E-state index contributed by atoms with van der Waals surface area (Å²) < 4.78 is 0. The number of carbonyl (C=O) groups excluding carboxylic acids is 3. The predicted octanol–water partition coefficient (Wildman–Crippen LogP) is 1.73. The van der Waals surface area contributed by atoms with Gasteiger partial charge in [-0.2, -0.15) is 0 Å². The van der Waals surface area contributed by atoms with E-state index in [1.807, 2.05) is 19.1 Å². The Morgan fingerprint density at radius 3 is 2.48 bits per heavy atom. The first-order valence-electron chi connectivity index (χ1n) is 8.51. The first-order valence-corrected chi connectivity index (χ1v) is 8.89. The summed E-state index contributed by atoms with van der Waals surface area (Å²) in [6, 6.07) is 5.49. The number of hydrogen-bond acceptors (Lipinski definition) is 3. The SMILES string of the molecule is Cc1ccc(N2CC(C(=O)N3CCC(C(N)=O)CC3)CC2=O)cc1Cl. The van der Waals surface area contributed by atoms with Crippen LogP contribution in [0.15, 0.2) is 18.2 Å². The van der Waals surface area contributed by atoms with Gasteiger partial charge in [0.2, 0.25) is 17.7 Å². The van der Waals surface area contributed by atoms with Gasteiger partial charge in [-0.3, -0.25) is 14.4 Å². The van der Waals surface area contributed by atoms with Crippen LogP contribution in [0.3, 0.4) is 0 Å². The van der Waals surface area contributed by atoms with E-state index in [1.54, 1.807) is 15.9 Å². The molecule has 2 N–H and O–H groups in total. The molecule has 25 heavy (non-hydrogen) atoms. The van der Waals surface area contributed by atoms with E-state index in [0.717, 1.165) is 11.3 Å². The topological polar surface area (TPSA) is 83.7 Å². The molecular formula is C18H22ClN3O3. The fourth-order valence-corrected chi connectivity index (χ4v) is 3.69. The van der Waals surface area contributed by atoms with Crippen LogP contribution in [-0.2, 0) is 14.4 Å². The van der Waals surface area contributed by atoms with Crippen LogP contribution in [0.4, 0.5) is 5.69 Å². The summed E-state index contributed by atoms with van der Waals surface area (Å²) in [5.74, 6) is -0.883. The van der Waals surface area contributed by atoms with Crippen molar-refractivity contribution in [3.8, 4) is 0 Å². The highest BCUT2D eigenvalue weighted by atomic mass is 35.5. The van der Waals surface area contributed by atoms with Crippen molar-refractivity contribution in [2.45, 2.75) is 26.2 Å². The normalized spacial score (nSPS) is 21.7. The smallest absolute Gasteiger partial charge is 0.228 e. The molecule has 2 aliphatic heterocycles. The van der Waals surface area contributed by atoms with Gasteiger partial charge in [0.25, 0.3) is 0 Å². The van der Waals surface area contributed by atoms with Crippen molar-refractivity contribution in [1.29, 1.82) is 0 Å². The molecule has 0 saturated carbocycles. The van der Waals surface area contributed by atoms with Crippen molar-refractivity contribution in [1.82, 2.24) is 4.90 Å². The van der Waals surface area contributed by atoms with Crippen molar-refractivity contribution in [3.63, 3.8) is 0 Å². The average molecular weight is 364 g/mol. The second kappa shape index (κ2) is 7.04. The number of benzene rings is 1. The fraction of sp³-hybridized carbons (Fsp3) is 0.500. The maximum Gasteiger partial charge on any atom is 0.228 e. The number of primary amides is 1. The number of nitrogens with two attached hydrogens (primary N) is 1. The van der Waals surface area contributed by atoms with Crippen LogP contribution >= 0.6 is 11.6 Å². The summed E-state index contributed by atoms with van der Waals surface area (Å²) in [6.07, 6.45) is 1.40. The number of piperidine rings is 1. The standard InChI is InChI=1S/C18H22ClN3O3/c1-11-2-3-14(9-15(11)19)22-10-13(8-16(22)23)18(25)21-6-4-12(5-7-21)17(20)24/h2-3,9,12-13H,4-8,10H2,1H3,(H2,20,24). The van der Waals surface area contributed by atoms with E-state index >= 15 is 0 Å². The van der Waals surface area contributed by atoms with Crippen molar-refractivity contribution in [3.05, 3.63) is 28.8 Å². The Morgan fingerprint density at radius 2 is 1.88 bits per heavy atom. The molecule has 0 bridgehead atoms. The van der Waals surface area contributed by atoms with Gasteiger partial charge < -0.3 is 15.5 Å². The molecule has 7 heteroatoms. The van der Waals surface area contributed by atoms with Gasteiger partial charge in [0.1, 0.15) is 0 Å². The fourth-order valence-electron chi connectivity index (χ4n) is 3.51. The third-order valence-electron chi connectivity index (χ3n) is 5.15. The van der Waals surface area contributed by atoms with E-state index < -0.39 is 0 Å². The number of anilines is 1. The average Bonchev–Trinajstić information content (AvgIpc) is 2.98. The van der Waals surface area contributed by atoms with Crippen LogP contribution in [-0.4, -0.2) is 42.3 Å². The Kier molecular flexibility index (Phi) is 4.99. The lowest BCUT2D eigenvalue weighted by Crippen LogP contribution is -2.44. The Labute approximate surface area is 151 Å². The molecule has 0 spiro atoms. The molecule has 0 radical (unpaired) electrons. The van der Waals surface area contributed by atoms with Gasteiger partial charge in [-0.15, -0.1) is 0 Å². The molecule has 1 unspecified atom stereocenters. The zero-order valence-electron chi connectivity index (χ0n) is 14.2. The zero-order chi connectivity index (χ0) is 18.1. The second-order valence-electron chi connectivity index (χ2n) is 6.84. The lowest BCUT2D eigenvalue weighted by molar-refractivity contribution is -0.138. The van der Waals surface area contributed by atoms with E-state index in [2.05, 4.69) is 0 Å². The van der Waals surface area contributed by atoms with Crippen LogP contribution in [0, 0.1) is 18.8 Å². The van der Waals surface area contributed by atoms with E-state index in [9.17, 15) is 14.4 Å². The van der Waals surface area contributed by atoms with Crippen LogP contribution in [0.5, 0.6) is 0 Å². The Hall–Kier alpha value is -2.08. The van der Waals surface area contributed by atoms with Crippen LogP contribution in [0.25, 0.3) is 0 Å². The summed E-state index contributed by atoms with van der Waals surface area (Å²) in [6.45, 7) is 3.31. The summed E-state index contributed by atoms with van der Waals surface area (Å²) in [5.41, 5.74) is 7.00. The van der Waals surface area contributed by atoms with Crippen molar-refractivity contribution in [2.75, 3.05) is 24.5 Å². The largest absolute Gasteiger partial charge is 0.369 e. The molecule has 1 aromatic carbocycles. The number of carbonyl (C=O) groups is 3. The van der Waals surface area contributed by atoms with Crippen LogP contribution < -0.4 is 10.6 Å². The van der Waals surface area contributed by atoms with E-state index in [1.165, 1.54) is 0 Å². The van der Waals surface area contributed by atoms with Gasteiger partial charge >= 0.3 is 0 Å². The molecule has 1 atom stereocenters. The van der Waals surface area contributed by atoms with Crippen molar-refractivity contribution in [2.24, 2.45) is 17.6 Å². The summed E-state index contributed by atoms with van der Waals surface area (Å²) in [4.78, 5) is 39.7. The van der Waals surface area contributed by atoms with Gasteiger partial charge in [-0.05, 0) is 37.5 Å². The van der Waals surface area contributed by atoms with Crippen molar-refractivity contribution < 1.29 is 14.4 Å². The lowest BCUT2D eigenvalue weighted by atomic mass is 9.95. The molecule has 3 amide bonds. The molecule has 0 aliphatic carbocycles. The molecule has 2 aliphatic rings.